The van der Waals surface area contributed by atoms with Crippen LogP contribution in [0.15, 0.2) is 54.6 Å². The van der Waals surface area contributed by atoms with Gasteiger partial charge in [0.05, 0.1) is 5.56 Å². The van der Waals surface area contributed by atoms with Gasteiger partial charge < -0.3 is 31.2 Å². The number of benzene rings is 2. The second-order valence-corrected chi connectivity index (χ2v) is 5.09. The minimum Gasteiger partial charge on any atom is -0.481 e. The summed E-state index contributed by atoms with van der Waals surface area (Å²) in [5.41, 5.74) is 10.1. The van der Waals surface area contributed by atoms with E-state index < -0.39 is 36.5 Å². The molecule has 0 aliphatic heterocycles. The van der Waals surface area contributed by atoms with Crippen LogP contribution in [0.5, 0.6) is 11.5 Å². The number of aliphatic carboxylic acids is 2. The summed E-state index contributed by atoms with van der Waals surface area (Å²) in [5, 5.41) is 16.9. The van der Waals surface area contributed by atoms with Crippen molar-refractivity contribution in [1.29, 1.82) is 0 Å². The van der Waals surface area contributed by atoms with E-state index in [-0.39, 0.29) is 11.3 Å². The van der Waals surface area contributed by atoms with Crippen molar-refractivity contribution in [3.05, 3.63) is 60.2 Å². The van der Waals surface area contributed by atoms with Gasteiger partial charge in [-0.05, 0) is 24.3 Å². The quantitative estimate of drug-likeness (QED) is 0.463. The molecule has 28 heavy (non-hydrogen) atoms. The maximum absolute atomic E-state index is 10.9. The minimum absolute atomic E-state index is 0.175. The van der Waals surface area contributed by atoms with Crippen molar-refractivity contribution in [3.8, 4) is 11.5 Å². The second kappa shape index (κ2) is 10.8. The number of para-hydroxylation sites is 2. The average Bonchev–Trinajstić information content (AvgIpc) is 2.65. The van der Waals surface area contributed by atoms with Gasteiger partial charge in [-0.15, -0.1) is 0 Å². The predicted octanol–water partition coefficient (Wildman–Crippen LogP) is 0.253. The molecule has 0 radical (unpaired) electrons. The highest BCUT2D eigenvalue weighted by Crippen LogP contribution is 2.16. The van der Waals surface area contributed by atoms with E-state index in [9.17, 15) is 19.2 Å². The van der Waals surface area contributed by atoms with Crippen molar-refractivity contribution in [2.45, 2.75) is 6.10 Å². The summed E-state index contributed by atoms with van der Waals surface area (Å²) in [7, 11) is 0. The molecule has 1 atom stereocenters. The van der Waals surface area contributed by atoms with E-state index in [1.54, 1.807) is 42.5 Å². The van der Waals surface area contributed by atoms with E-state index in [0.29, 0.717) is 5.75 Å². The highest BCUT2D eigenvalue weighted by atomic mass is 16.5. The Labute approximate surface area is 159 Å². The number of carboxylic acids is 2. The lowest BCUT2D eigenvalue weighted by atomic mass is 10.2. The van der Waals surface area contributed by atoms with Gasteiger partial charge in [-0.2, -0.15) is 0 Å². The molecule has 10 heteroatoms. The molecule has 0 bridgehead atoms. The smallest absolute Gasteiger partial charge is 0.354 e. The Morgan fingerprint density at radius 1 is 0.893 bits per heavy atom. The van der Waals surface area contributed by atoms with Crippen molar-refractivity contribution in [1.82, 2.24) is 0 Å². The maximum Gasteiger partial charge on any atom is 0.354 e. The summed E-state index contributed by atoms with van der Waals surface area (Å²) in [6.07, 6.45) is -1.64. The molecule has 0 aliphatic carbocycles. The van der Waals surface area contributed by atoms with Gasteiger partial charge in [-0.25, -0.2) is 9.59 Å². The van der Waals surface area contributed by atoms with Crippen LogP contribution in [0.4, 0.5) is 0 Å². The maximum atomic E-state index is 10.9. The molecule has 0 aromatic heterocycles. The zero-order valence-electron chi connectivity index (χ0n) is 14.5. The van der Waals surface area contributed by atoms with Crippen LogP contribution in [0.1, 0.15) is 10.4 Å². The number of hydrogen-bond acceptors (Lipinski definition) is 6. The molecule has 2 aromatic rings. The van der Waals surface area contributed by atoms with Crippen LogP contribution < -0.4 is 20.9 Å². The first-order chi connectivity index (χ1) is 13.2. The monoisotopic (exact) mass is 390 g/mol. The number of primary amides is 2. The van der Waals surface area contributed by atoms with Gasteiger partial charge >= 0.3 is 11.9 Å². The van der Waals surface area contributed by atoms with Crippen molar-refractivity contribution in [2.75, 3.05) is 6.61 Å². The number of carboxylic acid groups (broad SMARTS) is 2. The van der Waals surface area contributed by atoms with Crippen molar-refractivity contribution >= 4 is 23.8 Å². The molecule has 2 aromatic carbocycles. The van der Waals surface area contributed by atoms with Gasteiger partial charge in [0.1, 0.15) is 11.5 Å². The lowest BCUT2D eigenvalue weighted by molar-refractivity contribution is -0.150. The van der Waals surface area contributed by atoms with Gasteiger partial charge in [0, 0.05) is 0 Å². The molecule has 0 heterocycles. The molecule has 0 saturated heterocycles. The van der Waals surface area contributed by atoms with Crippen molar-refractivity contribution < 1.29 is 38.9 Å². The third kappa shape index (κ3) is 7.44. The summed E-state index contributed by atoms with van der Waals surface area (Å²) >= 11 is 0. The lowest BCUT2D eigenvalue weighted by Gasteiger charge is -2.10. The molecule has 0 fully saturated rings. The molecule has 0 spiro atoms. The van der Waals surface area contributed by atoms with E-state index in [2.05, 4.69) is 0 Å². The standard InChI is InChI=1S/2C9H9NO4/c10-9(13)6-3-1-2-4-7(6)14-5-8(11)12;10-8(11)7(9(12)13)14-6-4-2-1-3-5-6/h1-4H,5H2,(H2,10,13)(H,11,12);1-5,7H,(H2,10,11)(H,12,13). The van der Waals surface area contributed by atoms with Crippen LogP contribution in [-0.4, -0.2) is 46.7 Å². The van der Waals surface area contributed by atoms with Crippen LogP contribution in [-0.2, 0) is 14.4 Å². The highest BCUT2D eigenvalue weighted by molar-refractivity contribution is 5.99. The SMILES string of the molecule is NC(=O)C(Oc1ccccc1)C(=O)O.NC(=O)c1ccccc1OCC(=O)O. The van der Waals surface area contributed by atoms with E-state index in [4.69, 9.17) is 31.2 Å². The van der Waals surface area contributed by atoms with Gasteiger partial charge in [0.2, 0.25) is 0 Å². The summed E-state index contributed by atoms with van der Waals surface area (Å²) in [4.78, 5) is 42.3. The Morgan fingerprint density at radius 2 is 1.46 bits per heavy atom. The molecule has 10 nitrogen and oxygen atoms in total. The van der Waals surface area contributed by atoms with Crippen LogP contribution in [0.2, 0.25) is 0 Å². The Bertz CT molecular complexity index is 824. The summed E-state index contributed by atoms with van der Waals surface area (Å²) in [6, 6.07) is 14.4. The van der Waals surface area contributed by atoms with Crippen LogP contribution in [0, 0.1) is 0 Å². The van der Waals surface area contributed by atoms with E-state index in [0.717, 1.165) is 0 Å². The van der Waals surface area contributed by atoms with Gasteiger partial charge in [-0.3, -0.25) is 9.59 Å². The molecule has 6 N–H and O–H groups in total. The fraction of sp³-hybridized carbons (Fsp3) is 0.111. The molecule has 1 unspecified atom stereocenters. The molecule has 148 valence electrons. The summed E-state index contributed by atoms with van der Waals surface area (Å²) in [5.74, 6) is -3.71. The van der Waals surface area contributed by atoms with Gasteiger partial charge in [0.25, 0.3) is 17.9 Å². The first kappa shape index (κ1) is 22.0. The van der Waals surface area contributed by atoms with Crippen LogP contribution >= 0.6 is 0 Å². The Kier molecular flexibility index (Phi) is 8.48. The molecular weight excluding hydrogens is 372 g/mol. The second-order valence-electron chi connectivity index (χ2n) is 5.09. The largest absolute Gasteiger partial charge is 0.481 e. The Morgan fingerprint density at radius 3 is 1.96 bits per heavy atom. The highest BCUT2D eigenvalue weighted by Gasteiger charge is 2.25. The number of hydrogen-bond donors (Lipinski definition) is 4. The molecule has 0 saturated carbocycles. The minimum atomic E-state index is -1.64. The molecule has 0 aliphatic rings. The van der Waals surface area contributed by atoms with Gasteiger partial charge in [-0.1, -0.05) is 30.3 Å². The fourth-order valence-corrected chi connectivity index (χ4v) is 1.80. The lowest BCUT2D eigenvalue weighted by Crippen LogP contribution is -2.40. The average molecular weight is 390 g/mol. The van der Waals surface area contributed by atoms with Crippen LogP contribution in [0.3, 0.4) is 0 Å². The van der Waals surface area contributed by atoms with E-state index >= 15 is 0 Å². The predicted molar refractivity (Wildman–Crippen MR) is 95.8 cm³/mol. The van der Waals surface area contributed by atoms with Crippen molar-refractivity contribution in [2.24, 2.45) is 11.5 Å². The van der Waals surface area contributed by atoms with E-state index in [1.807, 2.05) is 0 Å². The molecule has 2 amide bonds. The zero-order valence-corrected chi connectivity index (χ0v) is 14.5. The normalized spacial score (nSPS) is 10.6. The third-order valence-corrected chi connectivity index (χ3v) is 2.98. The number of carbonyl (C=O) groups is 4. The summed E-state index contributed by atoms with van der Waals surface area (Å²) < 4.78 is 9.72. The molecule has 2 rings (SSSR count). The number of nitrogens with two attached hydrogens (primary N) is 2. The Balaban J connectivity index is 0.000000280. The number of carbonyl (C=O) groups excluding carboxylic acids is 2. The van der Waals surface area contributed by atoms with Crippen LogP contribution in [0.25, 0.3) is 0 Å². The molecular formula is C18H18N2O8. The Hall–Kier alpha value is -4.08. The summed E-state index contributed by atoms with van der Waals surface area (Å²) in [6.45, 7) is -0.496. The zero-order chi connectivity index (χ0) is 21.1. The number of amides is 2. The third-order valence-electron chi connectivity index (χ3n) is 2.98. The topological polar surface area (TPSA) is 179 Å². The number of rotatable bonds is 8. The van der Waals surface area contributed by atoms with Crippen molar-refractivity contribution in [3.63, 3.8) is 0 Å². The van der Waals surface area contributed by atoms with E-state index in [1.165, 1.54) is 12.1 Å². The van der Waals surface area contributed by atoms with Gasteiger partial charge in [0.15, 0.2) is 6.61 Å². The number of ether oxygens (including phenoxy) is 2. The fourth-order valence-electron chi connectivity index (χ4n) is 1.80. The first-order valence-electron chi connectivity index (χ1n) is 7.69. The first-order valence-corrected chi connectivity index (χ1v) is 7.69.